The molecule has 0 bridgehead atoms. The van der Waals surface area contributed by atoms with Gasteiger partial charge in [0.1, 0.15) is 11.0 Å². The fourth-order valence-electron chi connectivity index (χ4n) is 3.25. The van der Waals surface area contributed by atoms with Crippen molar-refractivity contribution in [3.8, 4) is 0 Å². The first-order valence-electron chi connectivity index (χ1n) is 8.88. The average molecular weight is 402 g/mol. The Balaban J connectivity index is 1.27. The van der Waals surface area contributed by atoms with E-state index in [0.717, 1.165) is 66.2 Å². The van der Waals surface area contributed by atoms with Crippen LogP contribution in [0.3, 0.4) is 0 Å². The summed E-state index contributed by atoms with van der Waals surface area (Å²) in [5.74, 6) is -0.0124. The lowest BCUT2D eigenvalue weighted by atomic mass is 10.2. The maximum Gasteiger partial charge on any atom is 0.238 e. The molecule has 0 atom stereocenters. The van der Waals surface area contributed by atoms with Gasteiger partial charge in [-0.05, 0) is 29.8 Å². The molecule has 1 N–H and O–H groups in total. The van der Waals surface area contributed by atoms with E-state index in [2.05, 4.69) is 36.0 Å². The number of piperazine rings is 1. The molecule has 1 aliphatic rings. The van der Waals surface area contributed by atoms with Crippen LogP contribution in [0.1, 0.15) is 5.56 Å². The highest BCUT2D eigenvalue weighted by molar-refractivity contribution is 7.00. The molecule has 0 spiro atoms. The van der Waals surface area contributed by atoms with Crippen molar-refractivity contribution in [2.24, 2.45) is 0 Å². The molecule has 0 radical (unpaired) electrons. The van der Waals surface area contributed by atoms with E-state index in [1.54, 1.807) is 0 Å². The molecule has 1 aliphatic heterocycles. The van der Waals surface area contributed by atoms with Crippen molar-refractivity contribution in [1.82, 2.24) is 18.5 Å². The first kappa shape index (κ1) is 18.3. The van der Waals surface area contributed by atoms with Crippen molar-refractivity contribution in [2.45, 2.75) is 6.54 Å². The molecule has 0 saturated carbocycles. The maximum atomic E-state index is 12.4. The first-order chi connectivity index (χ1) is 13.2. The third kappa shape index (κ3) is 4.62. The van der Waals surface area contributed by atoms with Gasteiger partial charge in [-0.3, -0.25) is 14.6 Å². The number of amides is 1. The smallest absolute Gasteiger partial charge is 0.238 e. The number of fused-ring (bicyclic) bond motifs is 1. The van der Waals surface area contributed by atoms with Crippen LogP contribution in [0.5, 0.6) is 0 Å². The topological polar surface area (TPSA) is 61.4 Å². The number of carbonyl (C=O) groups excluding carboxylic acids is 1. The molecule has 1 aromatic heterocycles. The minimum atomic E-state index is -0.0124. The minimum Gasteiger partial charge on any atom is -0.323 e. The third-order valence-electron chi connectivity index (χ3n) is 4.71. The van der Waals surface area contributed by atoms with E-state index in [-0.39, 0.29) is 5.91 Å². The molecule has 0 unspecified atom stereocenters. The zero-order valence-corrected chi connectivity index (χ0v) is 16.3. The molecule has 2 heterocycles. The van der Waals surface area contributed by atoms with E-state index in [0.29, 0.717) is 6.54 Å². The fourth-order valence-corrected chi connectivity index (χ4v) is 3.93. The van der Waals surface area contributed by atoms with Crippen LogP contribution in [0.2, 0.25) is 5.02 Å². The highest BCUT2D eigenvalue weighted by Crippen LogP contribution is 2.21. The quantitative estimate of drug-likeness (QED) is 0.711. The lowest BCUT2D eigenvalue weighted by Gasteiger charge is -2.34. The molecule has 8 heteroatoms. The van der Waals surface area contributed by atoms with Gasteiger partial charge in [-0.15, -0.1) is 0 Å². The lowest BCUT2D eigenvalue weighted by molar-refractivity contribution is -0.117. The van der Waals surface area contributed by atoms with Crippen LogP contribution in [0, 0.1) is 0 Å². The van der Waals surface area contributed by atoms with E-state index >= 15 is 0 Å². The van der Waals surface area contributed by atoms with E-state index in [4.69, 9.17) is 11.6 Å². The largest absolute Gasteiger partial charge is 0.323 e. The van der Waals surface area contributed by atoms with Crippen LogP contribution in [0.25, 0.3) is 11.0 Å². The van der Waals surface area contributed by atoms with Crippen molar-refractivity contribution < 1.29 is 4.79 Å². The van der Waals surface area contributed by atoms with Gasteiger partial charge in [0.15, 0.2) is 0 Å². The van der Waals surface area contributed by atoms with E-state index in [9.17, 15) is 4.79 Å². The van der Waals surface area contributed by atoms with Gasteiger partial charge in [-0.2, -0.15) is 8.75 Å². The number of halogens is 1. The van der Waals surface area contributed by atoms with Crippen LogP contribution in [0.4, 0.5) is 5.69 Å². The number of aromatic nitrogens is 2. The summed E-state index contributed by atoms with van der Waals surface area (Å²) in [5, 5.41) is 3.73. The van der Waals surface area contributed by atoms with Crippen molar-refractivity contribution in [3.63, 3.8) is 0 Å². The number of carbonyl (C=O) groups is 1. The van der Waals surface area contributed by atoms with Crippen LogP contribution >= 0.6 is 23.3 Å². The second-order valence-corrected chi connectivity index (χ2v) is 7.63. The van der Waals surface area contributed by atoms with E-state index in [1.165, 1.54) is 5.56 Å². The molecule has 0 aliphatic carbocycles. The van der Waals surface area contributed by atoms with Gasteiger partial charge < -0.3 is 5.32 Å². The summed E-state index contributed by atoms with van der Waals surface area (Å²) in [6.07, 6.45) is 0. The Kier molecular flexibility index (Phi) is 5.63. The van der Waals surface area contributed by atoms with Crippen molar-refractivity contribution in [2.75, 3.05) is 38.0 Å². The Bertz CT molecular complexity index is 921. The highest BCUT2D eigenvalue weighted by Gasteiger charge is 2.19. The average Bonchev–Trinajstić information content (AvgIpc) is 3.15. The Hall–Kier alpha value is -2.06. The Labute approximate surface area is 167 Å². The molecular weight excluding hydrogens is 382 g/mol. The maximum absolute atomic E-state index is 12.4. The van der Waals surface area contributed by atoms with Gasteiger partial charge in [0, 0.05) is 37.7 Å². The third-order valence-corrected chi connectivity index (χ3v) is 5.51. The van der Waals surface area contributed by atoms with Gasteiger partial charge >= 0.3 is 0 Å². The number of anilines is 1. The molecule has 1 fully saturated rings. The normalized spacial score (nSPS) is 15.9. The first-order valence-corrected chi connectivity index (χ1v) is 9.98. The van der Waals surface area contributed by atoms with E-state index < -0.39 is 0 Å². The van der Waals surface area contributed by atoms with Gasteiger partial charge in [-0.25, -0.2) is 0 Å². The summed E-state index contributed by atoms with van der Waals surface area (Å²) in [5.41, 5.74) is 3.56. The Morgan fingerprint density at radius 3 is 2.56 bits per heavy atom. The van der Waals surface area contributed by atoms with Gasteiger partial charge in [0.2, 0.25) is 5.91 Å². The Morgan fingerprint density at radius 1 is 1.04 bits per heavy atom. The van der Waals surface area contributed by atoms with Crippen molar-refractivity contribution >= 4 is 46.0 Å². The zero-order chi connectivity index (χ0) is 18.6. The summed E-state index contributed by atoms with van der Waals surface area (Å²) in [6, 6.07) is 13.6. The van der Waals surface area contributed by atoms with Gasteiger partial charge in [0.05, 0.1) is 24.0 Å². The summed E-state index contributed by atoms with van der Waals surface area (Å²) in [7, 11) is 0. The standard InChI is InChI=1S/C19H20ClN5OS/c20-15-6-4-14(5-7-15)12-24-8-10-25(11-9-24)13-18(26)21-16-2-1-3-17-19(16)23-27-22-17/h1-7H,8-13H2,(H,21,26). The molecule has 27 heavy (non-hydrogen) atoms. The van der Waals surface area contributed by atoms with Crippen molar-refractivity contribution in [3.05, 3.63) is 53.1 Å². The molecule has 1 amide bonds. The molecule has 2 aromatic carbocycles. The van der Waals surface area contributed by atoms with Gasteiger partial charge in [0.25, 0.3) is 0 Å². The van der Waals surface area contributed by atoms with Gasteiger partial charge in [-0.1, -0.05) is 29.8 Å². The van der Waals surface area contributed by atoms with Crippen LogP contribution in [-0.4, -0.2) is 57.2 Å². The summed E-state index contributed by atoms with van der Waals surface area (Å²) >= 11 is 7.10. The summed E-state index contributed by atoms with van der Waals surface area (Å²) in [4.78, 5) is 17.0. The van der Waals surface area contributed by atoms with Crippen LogP contribution < -0.4 is 5.32 Å². The summed E-state index contributed by atoms with van der Waals surface area (Å²) < 4.78 is 8.47. The number of hydrogen-bond donors (Lipinski definition) is 1. The number of hydrogen-bond acceptors (Lipinski definition) is 6. The number of rotatable bonds is 5. The fraction of sp³-hybridized carbons (Fsp3) is 0.316. The molecule has 140 valence electrons. The molecule has 4 rings (SSSR count). The van der Waals surface area contributed by atoms with Crippen LogP contribution in [0.15, 0.2) is 42.5 Å². The molecule has 1 saturated heterocycles. The number of nitrogens with zero attached hydrogens (tertiary/aromatic N) is 4. The molecular formula is C19H20ClN5OS. The number of nitrogens with one attached hydrogen (secondary N) is 1. The van der Waals surface area contributed by atoms with Crippen LogP contribution in [-0.2, 0) is 11.3 Å². The minimum absolute atomic E-state index is 0.0124. The van der Waals surface area contributed by atoms with Crippen molar-refractivity contribution in [1.29, 1.82) is 0 Å². The molecule has 3 aromatic rings. The predicted molar refractivity (Wildman–Crippen MR) is 109 cm³/mol. The second-order valence-electron chi connectivity index (χ2n) is 6.66. The predicted octanol–water partition coefficient (Wildman–Crippen LogP) is 3.10. The van der Waals surface area contributed by atoms with E-state index in [1.807, 2.05) is 30.3 Å². The number of benzene rings is 2. The highest BCUT2D eigenvalue weighted by atomic mass is 35.5. The second kappa shape index (κ2) is 8.31. The SMILES string of the molecule is O=C(CN1CCN(Cc2ccc(Cl)cc2)CC1)Nc1cccc2nsnc12. The lowest BCUT2D eigenvalue weighted by Crippen LogP contribution is -2.48. The summed E-state index contributed by atoms with van der Waals surface area (Å²) in [6.45, 7) is 4.95. The Morgan fingerprint density at radius 2 is 1.78 bits per heavy atom. The molecule has 6 nitrogen and oxygen atoms in total. The zero-order valence-electron chi connectivity index (χ0n) is 14.8. The monoisotopic (exact) mass is 401 g/mol.